The van der Waals surface area contributed by atoms with Crippen molar-refractivity contribution in [3.63, 3.8) is 0 Å². The summed E-state index contributed by atoms with van der Waals surface area (Å²) in [5.74, 6) is -0.405. The number of carbonyl (C=O) groups excluding carboxylic acids is 1. The molecule has 0 bridgehead atoms. The predicted octanol–water partition coefficient (Wildman–Crippen LogP) is 2.92. The Morgan fingerprint density at radius 2 is 1.89 bits per heavy atom. The van der Waals surface area contributed by atoms with Crippen LogP contribution in [0.5, 0.6) is 0 Å². The number of carbonyl (C=O) groups is 1. The molecule has 2 atom stereocenters. The van der Waals surface area contributed by atoms with Gasteiger partial charge in [0.2, 0.25) is 5.91 Å². The SMILES string of the molecule is CC(N)CCCC(C)C(=O)Nc1ccc(F)cc1. The van der Waals surface area contributed by atoms with Gasteiger partial charge in [0.1, 0.15) is 5.82 Å². The molecule has 0 aliphatic heterocycles. The summed E-state index contributed by atoms with van der Waals surface area (Å²) in [7, 11) is 0. The van der Waals surface area contributed by atoms with Crippen LogP contribution >= 0.6 is 0 Å². The molecule has 18 heavy (non-hydrogen) atoms. The first-order valence-corrected chi connectivity index (χ1v) is 6.31. The molecule has 1 aromatic rings. The van der Waals surface area contributed by atoms with E-state index in [9.17, 15) is 9.18 Å². The van der Waals surface area contributed by atoms with Crippen LogP contribution in [0.2, 0.25) is 0 Å². The molecular weight excluding hydrogens is 231 g/mol. The fourth-order valence-corrected chi connectivity index (χ4v) is 1.68. The maximum Gasteiger partial charge on any atom is 0.227 e. The summed E-state index contributed by atoms with van der Waals surface area (Å²) in [6, 6.07) is 5.95. The largest absolute Gasteiger partial charge is 0.328 e. The van der Waals surface area contributed by atoms with E-state index in [1.807, 2.05) is 13.8 Å². The fourth-order valence-electron chi connectivity index (χ4n) is 1.68. The highest BCUT2D eigenvalue weighted by atomic mass is 19.1. The van der Waals surface area contributed by atoms with E-state index in [2.05, 4.69) is 5.32 Å². The highest BCUT2D eigenvalue weighted by Crippen LogP contribution is 2.13. The number of halogens is 1. The van der Waals surface area contributed by atoms with Crippen LogP contribution in [-0.4, -0.2) is 11.9 Å². The number of hydrogen-bond donors (Lipinski definition) is 2. The third kappa shape index (κ3) is 5.27. The quantitative estimate of drug-likeness (QED) is 0.818. The second-order valence-corrected chi connectivity index (χ2v) is 4.81. The van der Waals surface area contributed by atoms with Gasteiger partial charge in [-0.05, 0) is 44.0 Å². The molecule has 100 valence electrons. The smallest absolute Gasteiger partial charge is 0.227 e. The fraction of sp³-hybridized carbons (Fsp3) is 0.500. The molecule has 0 radical (unpaired) electrons. The first kappa shape index (κ1) is 14.6. The zero-order valence-corrected chi connectivity index (χ0v) is 10.9. The van der Waals surface area contributed by atoms with Gasteiger partial charge in [-0.2, -0.15) is 0 Å². The zero-order valence-electron chi connectivity index (χ0n) is 10.9. The van der Waals surface area contributed by atoms with E-state index >= 15 is 0 Å². The van der Waals surface area contributed by atoms with Crippen LogP contribution in [0, 0.1) is 11.7 Å². The molecule has 1 amide bonds. The molecule has 0 spiro atoms. The van der Waals surface area contributed by atoms with Crippen molar-refractivity contribution < 1.29 is 9.18 Å². The van der Waals surface area contributed by atoms with Gasteiger partial charge in [0, 0.05) is 17.6 Å². The molecular formula is C14H21FN2O. The average molecular weight is 252 g/mol. The zero-order chi connectivity index (χ0) is 13.5. The van der Waals surface area contributed by atoms with Crippen LogP contribution in [0.25, 0.3) is 0 Å². The molecule has 3 N–H and O–H groups in total. The van der Waals surface area contributed by atoms with E-state index in [4.69, 9.17) is 5.73 Å². The third-order valence-electron chi connectivity index (χ3n) is 2.86. The number of nitrogens with one attached hydrogen (secondary N) is 1. The highest BCUT2D eigenvalue weighted by molar-refractivity contribution is 5.92. The number of hydrogen-bond acceptors (Lipinski definition) is 2. The summed E-state index contributed by atoms with van der Waals surface area (Å²) in [5.41, 5.74) is 6.28. The van der Waals surface area contributed by atoms with E-state index in [0.717, 1.165) is 19.3 Å². The third-order valence-corrected chi connectivity index (χ3v) is 2.86. The van der Waals surface area contributed by atoms with Gasteiger partial charge in [-0.3, -0.25) is 4.79 Å². The molecule has 0 aliphatic carbocycles. The van der Waals surface area contributed by atoms with Crippen molar-refractivity contribution in [1.82, 2.24) is 0 Å². The molecule has 0 aromatic heterocycles. The first-order chi connectivity index (χ1) is 8.49. The summed E-state index contributed by atoms with van der Waals surface area (Å²) < 4.78 is 12.7. The van der Waals surface area contributed by atoms with E-state index in [1.54, 1.807) is 12.1 Å². The summed E-state index contributed by atoms with van der Waals surface area (Å²) in [4.78, 5) is 11.8. The molecule has 0 saturated heterocycles. The topological polar surface area (TPSA) is 55.1 Å². The molecule has 3 nitrogen and oxygen atoms in total. The number of anilines is 1. The summed E-state index contributed by atoms with van der Waals surface area (Å²) in [5, 5.41) is 2.77. The Morgan fingerprint density at radius 1 is 1.28 bits per heavy atom. The maximum atomic E-state index is 12.7. The van der Waals surface area contributed by atoms with Crippen LogP contribution in [0.4, 0.5) is 10.1 Å². The second kappa shape index (κ2) is 7.11. The minimum atomic E-state index is -0.307. The average Bonchev–Trinajstić information content (AvgIpc) is 2.31. The van der Waals surface area contributed by atoms with Crippen LogP contribution in [0.3, 0.4) is 0 Å². The van der Waals surface area contributed by atoms with Gasteiger partial charge in [-0.15, -0.1) is 0 Å². The van der Waals surface area contributed by atoms with Crippen molar-refractivity contribution in [2.24, 2.45) is 11.7 Å². The second-order valence-electron chi connectivity index (χ2n) is 4.81. The Bertz CT molecular complexity index is 376. The summed E-state index contributed by atoms with van der Waals surface area (Å²) >= 11 is 0. The van der Waals surface area contributed by atoms with Gasteiger partial charge in [0.25, 0.3) is 0 Å². The van der Waals surface area contributed by atoms with E-state index in [-0.39, 0.29) is 23.7 Å². The maximum absolute atomic E-state index is 12.7. The van der Waals surface area contributed by atoms with Gasteiger partial charge in [-0.1, -0.05) is 13.3 Å². The van der Waals surface area contributed by atoms with Crippen molar-refractivity contribution in [2.75, 3.05) is 5.32 Å². The Labute approximate surface area is 108 Å². The van der Waals surface area contributed by atoms with Crippen molar-refractivity contribution in [2.45, 2.75) is 39.2 Å². The Morgan fingerprint density at radius 3 is 2.44 bits per heavy atom. The number of amides is 1. The first-order valence-electron chi connectivity index (χ1n) is 6.31. The molecule has 1 aromatic carbocycles. The molecule has 0 fully saturated rings. The minimum Gasteiger partial charge on any atom is -0.328 e. The molecule has 0 saturated carbocycles. The van der Waals surface area contributed by atoms with Gasteiger partial charge in [0.05, 0.1) is 0 Å². The van der Waals surface area contributed by atoms with Crippen LogP contribution in [0.1, 0.15) is 33.1 Å². The summed E-state index contributed by atoms with van der Waals surface area (Å²) in [6.07, 6.45) is 2.68. The predicted molar refractivity (Wildman–Crippen MR) is 71.7 cm³/mol. The molecule has 2 unspecified atom stereocenters. The lowest BCUT2D eigenvalue weighted by molar-refractivity contribution is -0.119. The minimum absolute atomic E-state index is 0.0358. The van der Waals surface area contributed by atoms with Gasteiger partial charge < -0.3 is 11.1 Å². The Hall–Kier alpha value is -1.42. The lowest BCUT2D eigenvalue weighted by Gasteiger charge is -2.12. The Balaban J connectivity index is 2.37. The highest BCUT2D eigenvalue weighted by Gasteiger charge is 2.12. The Kier molecular flexibility index (Phi) is 5.78. The normalized spacial score (nSPS) is 14.0. The van der Waals surface area contributed by atoms with Crippen LogP contribution in [0.15, 0.2) is 24.3 Å². The molecule has 1 rings (SSSR count). The van der Waals surface area contributed by atoms with Gasteiger partial charge >= 0.3 is 0 Å². The van der Waals surface area contributed by atoms with E-state index in [0.29, 0.717) is 5.69 Å². The van der Waals surface area contributed by atoms with Crippen molar-refractivity contribution in [3.8, 4) is 0 Å². The standard InChI is InChI=1S/C14H21FN2O/c1-10(4-3-5-11(2)16)14(18)17-13-8-6-12(15)7-9-13/h6-11H,3-5,16H2,1-2H3,(H,17,18). The van der Waals surface area contributed by atoms with E-state index < -0.39 is 0 Å². The van der Waals surface area contributed by atoms with Gasteiger partial charge in [0.15, 0.2) is 0 Å². The lowest BCUT2D eigenvalue weighted by atomic mass is 10.0. The van der Waals surface area contributed by atoms with E-state index in [1.165, 1.54) is 12.1 Å². The number of rotatable bonds is 6. The number of nitrogens with two attached hydrogens (primary N) is 1. The van der Waals surface area contributed by atoms with Crippen molar-refractivity contribution in [3.05, 3.63) is 30.1 Å². The van der Waals surface area contributed by atoms with Crippen molar-refractivity contribution >= 4 is 11.6 Å². The van der Waals surface area contributed by atoms with Crippen LogP contribution in [-0.2, 0) is 4.79 Å². The van der Waals surface area contributed by atoms with Crippen molar-refractivity contribution in [1.29, 1.82) is 0 Å². The number of benzene rings is 1. The van der Waals surface area contributed by atoms with Gasteiger partial charge in [-0.25, -0.2) is 4.39 Å². The molecule has 0 aliphatic rings. The molecule has 0 heterocycles. The van der Waals surface area contributed by atoms with Crippen LogP contribution < -0.4 is 11.1 Å². The summed E-state index contributed by atoms with van der Waals surface area (Å²) in [6.45, 7) is 3.85. The lowest BCUT2D eigenvalue weighted by Crippen LogP contribution is -2.21. The molecule has 4 heteroatoms. The monoisotopic (exact) mass is 252 g/mol.